The fraction of sp³-hybridized carbons (Fsp3) is 0.412. The smallest absolute Gasteiger partial charge is 0.434 e. The Morgan fingerprint density at radius 3 is 2.29 bits per heavy atom. The minimum absolute atomic E-state index is 0.0155. The zero-order valence-electron chi connectivity index (χ0n) is 14.5. The van der Waals surface area contributed by atoms with Gasteiger partial charge in [-0.25, -0.2) is 9.86 Å². The number of benzene rings is 1. The number of hydrogen-bond donors (Lipinski definition) is 0. The van der Waals surface area contributed by atoms with Crippen molar-refractivity contribution >= 4 is 17.7 Å². The number of rotatable bonds is 4. The van der Waals surface area contributed by atoms with Crippen LogP contribution in [0.4, 0.5) is 4.79 Å². The van der Waals surface area contributed by atoms with Crippen LogP contribution in [0, 0.1) is 11.3 Å². The van der Waals surface area contributed by atoms with Crippen molar-refractivity contribution in [2.75, 3.05) is 14.2 Å². The van der Waals surface area contributed by atoms with E-state index in [0.717, 1.165) is 10.6 Å². The van der Waals surface area contributed by atoms with Crippen molar-refractivity contribution in [3.63, 3.8) is 0 Å². The molecule has 1 aromatic rings. The first-order valence-corrected chi connectivity index (χ1v) is 7.28. The maximum absolute atomic E-state index is 12.3. The summed E-state index contributed by atoms with van der Waals surface area (Å²) in [6.45, 7) is 5.14. The van der Waals surface area contributed by atoms with Gasteiger partial charge in [0.15, 0.2) is 0 Å². The van der Waals surface area contributed by atoms with Gasteiger partial charge in [-0.1, -0.05) is 12.1 Å². The second-order valence-electron chi connectivity index (χ2n) is 6.01. The second kappa shape index (κ2) is 8.22. The lowest BCUT2D eigenvalue weighted by molar-refractivity contribution is -0.160. The number of nitriles is 1. The number of amides is 2. The predicted molar refractivity (Wildman–Crippen MR) is 88.3 cm³/mol. The van der Waals surface area contributed by atoms with Crippen LogP contribution in [-0.2, 0) is 20.8 Å². The molecule has 0 radical (unpaired) electrons. The second-order valence-corrected chi connectivity index (χ2v) is 6.01. The Morgan fingerprint density at radius 1 is 1.25 bits per heavy atom. The van der Waals surface area contributed by atoms with Gasteiger partial charge in [-0.15, -0.1) is 0 Å². The maximum atomic E-state index is 12.3. The summed E-state index contributed by atoms with van der Waals surface area (Å²) in [5.74, 6) is -0.548. The third kappa shape index (κ3) is 6.18. The fourth-order valence-corrected chi connectivity index (χ4v) is 1.71. The quantitative estimate of drug-likeness (QED) is 0.624. The first-order chi connectivity index (χ1) is 11.2. The number of carbonyl (C=O) groups excluding carboxylic acids is 2. The lowest BCUT2D eigenvalue weighted by atomic mass is 10.1. The van der Waals surface area contributed by atoms with E-state index in [2.05, 4.69) is 4.99 Å². The highest BCUT2D eigenvalue weighted by molar-refractivity contribution is 6.40. The molecule has 24 heavy (non-hydrogen) atoms. The molecule has 0 spiro atoms. The zero-order chi connectivity index (χ0) is 18.3. The van der Waals surface area contributed by atoms with Crippen LogP contribution < -0.4 is 0 Å². The molecule has 0 fully saturated rings. The van der Waals surface area contributed by atoms with Crippen molar-refractivity contribution in [3.05, 3.63) is 35.4 Å². The number of aliphatic imine (C=N–C) groups is 1. The van der Waals surface area contributed by atoms with Crippen LogP contribution in [0.2, 0.25) is 0 Å². The molecule has 0 aliphatic heterocycles. The van der Waals surface area contributed by atoms with E-state index in [0.29, 0.717) is 5.56 Å². The number of ether oxygens (including phenoxy) is 1. The molecule has 0 atom stereocenters. The summed E-state index contributed by atoms with van der Waals surface area (Å²) in [5, 5.41) is 9.80. The average Bonchev–Trinajstić information content (AvgIpc) is 2.51. The minimum atomic E-state index is -0.844. The topological polar surface area (TPSA) is 92.0 Å². The predicted octanol–water partition coefficient (Wildman–Crippen LogP) is 2.50. The first kappa shape index (κ1) is 19.3. The van der Waals surface area contributed by atoms with E-state index in [1.165, 1.54) is 14.2 Å². The molecule has 1 aromatic carbocycles. The molecule has 0 unspecified atom stereocenters. The summed E-state index contributed by atoms with van der Waals surface area (Å²) in [6.07, 6.45) is -0.735. The Labute approximate surface area is 141 Å². The largest absolute Gasteiger partial charge is 0.442 e. The number of hydroxylamine groups is 2. The summed E-state index contributed by atoms with van der Waals surface area (Å²) in [6, 6.07) is 8.67. The summed E-state index contributed by atoms with van der Waals surface area (Å²) in [5.41, 5.74) is 0.508. The third-order valence-corrected chi connectivity index (χ3v) is 2.88. The van der Waals surface area contributed by atoms with E-state index < -0.39 is 17.6 Å². The number of carbonyl (C=O) groups is 2. The van der Waals surface area contributed by atoms with Crippen LogP contribution in [-0.4, -0.2) is 42.5 Å². The fourth-order valence-electron chi connectivity index (χ4n) is 1.71. The van der Waals surface area contributed by atoms with Gasteiger partial charge in [-0.2, -0.15) is 10.3 Å². The van der Waals surface area contributed by atoms with Crippen LogP contribution >= 0.6 is 0 Å². The standard InChI is InChI=1S/C17H21N3O4/c1-17(2,3)24-16(22)19-14(15(21)20(4)23-5)10-12-6-8-13(11-18)9-7-12/h6-9H,10H2,1-5H3. The Hall–Kier alpha value is -2.72. The van der Waals surface area contributed by atoms with Gasteiger partial charge in [0, 0.05) is 13.5 Å². The van der Waals surface area contributed by atoms with E-state index in [-0.39, 0.29) is 12.1 Å². The maximum Gasteiger partial charge on any atom is 0.434 e. The van der Waals surface area contributed by atoms with Gasteiger partial charge >= 0.3 is 6.09 Å². The van der Waals surface area contributed by atoms with Gasteiger partial charge < -0.3 is 4.74 Å². The van der Waals surface area contributed by atoms with E-state index in [9.17, 15) is 9.59 Å². The highest BCUT2D eigenvalue weighted by Gasteiger charge is 2.21. The molecule has 0 bridgehead atoms. The molecular weight excluding hydrogens is 310 g/mol. The van der Waals surface area contributed by atoms with Crippen molar-refractivity contribution in [3.8, 4) is 6.07 Å². The lowest BCUT2D eigenvalue weighted by Gasteiger charge is -2.19. The van der Waals surface area contributed by atoms with E-state index in [1.54, 1.807) is 45.0 Å². The number of hydrogen-bond acceptors (Lipinski definition) is 5. The molecule has 128 valence electrons. The summed E-state index contributed by atoms with van der Waals surface area (Å²) < 4.78 is 5.12. The molecule has 0 aliphatic rings. The summed E-state index contributed by atoms with van der Waals surface area (Å²) in [7, 11) is 2.76. The molecule has 0 saturated heterocycles. The summed E-state index contributed by atoms with van der Waals surface area (Å²) >= 11 is 0. The van der Waals surface area contributed by atoms with Crippen LogP contribution in [0.1, 0.15) is 31.9 Å². The van der Waals surface area contributed by atoms with Crippen molar-refractivity contribution in [2.24, 2.45) is 4.99 Å². The van der Waals surface area contributed by atoms with E-state index >= 15 is 0 Å². The Morgan fingerprint density at radius 2 is 1.83 bits per heavy atom. The van der Waals surface area contributed by atoms with Crippen molar-refractivity contribution in [2.45, 2.75) is 32.8 Å². The lowest BCUT2D eigenvalue weighted by Crippen LogP contribution is -2.34. The van der Waals surface area contributed by atoms with Crippen LogP contribution in [0.15, 0.2) is 29.3 Å². The molecule has 7 nitrogen and oxygen atoms in total. The van der Waals surface area contributed by atoms with Gasteiger partial charge in [-0.05, 0) is 38.5 Å². The van der Waals surface area contributed by atoms with E-state index in [4.69, 9.17) is 14.8 Å². The third-order valence-electron chi connectivity index (χ3n) is 2.88. The molecule has 0 aromatic heterocycles. The van der Waals surface area contributed by atoms with Crippen LogP contribution in [0.3, 0.4) is 0 Å². The highest BCUT2D eigenvalue weighted by atomic mass is 16.7. The van der Waals surface area contributed by atoms with Crippen LogP contribution in [0.25, 0.3) is 0 Å². The molecule has 2 amide bonds. The Bertz CT molecular complexity index is 667. The number of nitrogens with zero attached hydrogens (tertiary/aromatic N) is 3. The van der Waals surface area contributed by atoms with Crippen LogP contribution in [0.5, 0.6) is 0 Å². The highest BCUT2D eigenvalue weighted by Crippen LogP contribution is 2.10. The van der Waals surface area contributed by atoms with Crippen molar-refractivity contribution < 1.29 is 19.2 Å². The van der Waals surface area contributed by atoms with E-state index in [1.807, 2.05) is 6.07 Å². The molecular formula is C17H21N3O4. The SMILES string of the molecule is CON(C)C(=O)C(Cc1ccc(C#N)cc1)=NC(=O)OC(C)(C)C. The molecule has 1 rings (SSSR count). The minimum Gasteiger partial charge on any atom is -0.442 e. The molecule has 0 saturated carbocycles. The van der Waals surface area contributed by atoms with Gasteiger partial charge in [-0.3, -0.25) is 9.63 Å². The Kier molecular flexibility index (Phi) is 6.62. The first-order valence-electron chi connectivity index (χ1n) is 7.28. The monoisotopic (exact) mass is 331 g/mol. The molecule has 0 heterocycles. The molecule has 7 heteroatoms. The summed E-state index contributed by atoms with van der Waals surface area (Å²) in [4.78, 5) is 32.9. The Balaban J connectivity index is 3.06. The van der Waals surface area contributed by atoms with Gasteiger partial charge in [0.25, 0.3) is 5.91 Å². The molecule has 0 aliphatic carbocycles. The van der Waals surface area contributed by atoms with Gasteiger partial charge in [0.05, 0.1) is 18.7 Å². The van der Waals surface area contributed by atoms with Gasteiger partial charge in [0.2, 0.25) is 0 Å². The average molecular weight is 331 g/mol. The zero-order valence-corrected chi connectivity index (χ0v) is 14.5. The van der Waals surface area contributed by atoms with Crippen molar-refractivity contribution in [1.82, 2.24) is 5.06 Å². The van der Waals surface area contributed by atoms with Crippen molar-refractivity contribution in [1.29, 1.82) is 5.26 Å². The van der Waals surface area contributed by atoms with Gasteiger partial charge in [0.1, 0.15) is 11.3 Å². The molecule has 0 N–H and O–H groups in total. The normalized spacial score (nSPS) is 11.6.